The van der Waals surface area contributed by atoms with Crippen molar-refractivity contribution in [3.63, 3.8) is 0 Å². The minimum absolute atomic E-state index is 0.156. The number of rotatable bonds is 13. The van der Waals surface area contributed by atoms with Gasteiger partial charge in [-0.1, -0.05) is 36.4 Å². The van der Waals surface area contributed by atoms with Crippen LogP contribution in [0.3, 0.4) is 0 Å². The lowest BCUT2D eigenvalue weighted by Crippen LogP contribution is -2.70. The molecule has 2 aliphatic heterocycles. The molecule has 0 unspecified atom stereocenters. The molecule has 11 heteroatoms. The molecular formula is C34H49N3O8. The number of hydrogen-bond donors (Lipinski definition) is 6. The van der Waals surface area contributed by atoms with E-state index in [4.69, 9.17) is 9.47 Å². The maximum absolute atomic E-state index is 12.4. The largest absolute Gasteiger partial charge is 0.387 e. The molecule has 2 aromatic carbocycles. The van der Waals surface area contributed by atoms with Crippen molar-refractivity contribution < 1.29 is 39.5 Å². The number of carbonyl (C=O) groups is 2. The number of nitrogens with one attached hydrogen (secondary N) is 2. The van der Waals surface area contributed by atoms with Crippen molar-refractivity contribution in [2.45, 2.75) is 94.7 Å². The molecule has 2 aromatic rings. The maximum Gasteiger partial charge on any atom is 0.242 e. The Labute approximate surface area is 265 Å². The van der Waals surface area contributed by atoms with E-state index in [1.54, 1.807) is 13.0 Å². The minimum Gasteiger partial charge on any atom is -0.387 e. The quantitative estimate of drug-likeness (QED) is 0.190. The van der Waals surface area contributed by atoms with Crippen molar-refractivity contribution in [3.8, 4) is 0 Å². The van der Waals surface area contributed by atoms with Crippen molar-refractivity contribution >= 4 is 11.8 Å². The lowest BCUT2D eigenvalue weighted by molar-refractivity contribution is -0.348. The van der Waals surface area contributed by atoms with Crippen molar-refractivity contribution in [1.82, 2.24) is 15.5 Å². The summed E-state index contributed by atoms with van der Waals surface area (Å²) < 4.78 is 12.2. The summed E-state index contributed by atoms with van der Waals surface area (Å²) >= 11 is 0. The van der Waals surface area contributed by atoms with E-state index < -0.39 is 41.3 Å². The molecule has 11 nitrogen and oxygen atoms in total. The molecule has 0 saturated carbocycles. The van der Waals surface area contributed by atoms with Crippen LogP contribution in [-0.2, 0) is 37.7 Å². The van der Waals surface area contributed by atoms with E-state index in [0.29, 0.717) is 31.4 Å². The zero-order chi connectivity index (χ0) is 33.2. The second kappa shape index (κ2) is 13.8. The highest BCUT2D eigenvalue weighted by Crippen LogP contribution is 2.53. The molecule has 2 bridgehead atoms. The minimum atomic E-state index is -1.75. The lowest BCUT2D eigenvalue weighted by atomic mass is 9.75. The van der Waals surface area contributed by atoms with Crippen LogP contribution in [-0.4, -0.2) is 106 Å². The van der Waals surface area contributed by atoms with Crippen LogP contribution in [0.15, 0.2) is 42.5 Å². The molecule has 6 N–H and O–H groups in total. The summed E-state index contributed by atoms with van der Waals surface area (Å²) in [6.45, 7) is 7.68. The molecule has 0 aliphatic carbocycles. The third-order valence-corrected chi connectivity index (χ3v) is 9.05. The van der Waals surface area contributed by atoms with Crippen LogP contribution in [0.1, 0.15) is 61.4 Å². The molecule has 2 aliphatic rings. The zero-order valence-electron chi connectivity index (χ0n) is 27.2. The fourth-order valence-corrected chi connectivity index (χ4v) is 6.00. The van der Waals surface area contributed by atoms with Gasteiger partial charge in [-0.3, -0.25) is 9.59 Å². The summed E-state index contributed by atoms with van der Waals surface area (Å²) in [5.41, 5.74) is 1.44. The maximum atomic E-state index is 12.4. The number of likely N-dealkylation sites (N-methyl/N-ethyl adjacent to an activating group) is 1. The van der Waals surface area contributed by atoms with Gasteiger partial charge in [0, 0.05) is 25.1 Å². The van der Waals surface area contributed by atoms with Crippen molar-refractivity contribution in [2.24, 2.45) is 0 Å². The predicted molar refractivity (Wildman–Crippen MR) is 168 cm³/mol. The summed E-state index contributed by atoms with van der Waals surface area (Å²) in [5.74, 6) is -2.10. The molecule has 2 fully saturated rings. The molecule has 248 valence electrons. The van der Waals surface area contributed by atoms with E-state index in [1.165, 1.54) is 13.8 Å². The van der Waals surface area contributed by atoms with Gasteiger partial charge in [-0.2, -0.15) is 0 Å². The Morgan fingerprint density at radius 1 is 1.07 bits per heavy atom. The molecule has 45 heavy (non-hydrogen) atoms. The third kappa shape index (κ3) is 7.41. The Hall–Kier alpha value is -2.90. The van der Waals surface area contributed by atoms with E-state index in [1.807, 2.05) is 62.3 Å². The average molecular weight is 628 g/mol. The van der Waals surface area contributed by atoms with Gasteiger partial charge >= 0.3 is 0 Å². The van der Waals surface area contributed by atoms with E-state index in [-0.39, 0.29) is 18.4 Å². The molecular weight excluding hydrogens is 578 g/mol. The number of aliphatic hydroxyl groups excluding tert-OH is 3. The van der Waals surface area contributed by atoms with Crippen LogP contribution < -0.4 is 10.6 Å². The van der Waals surface area contributed by atoms with Gasteiger partial charge in [0.1, 0.15) is 24.4 Å². The molecule has 2 amide bonds. The van der Waals surface area contributed by atoms with Gasteiger partial charge in [-0.25, -0.2) is 0 Å². The first-order valence-corrected chi connectivity index (χ1v) is 15.6. The highest BCUT2D eigenvalue weighted by atomic mass is 16.8. The van der Waals surface area contributed by atoms with Crippen LogP contribution in [0.2, 0.25) is 0 Å². The van der Waals surface area contributed by atoms with Gasteiger partial charge in [0.15, 0.2) is 5.60 Å². The number of nitrogens with zero attached hydrogens (tertiary/aromatic N) is 1. The van der Waals surface area contributed by atoms with Gasteiger partial charge in [0.2, 0.25) is 17.6 Å². The van der Waals surface area contributed by atoms with Crippen LogP contribution in [0.25, 0.3) is 0 Å². The van der Waals surface area contributed by atoms with Gasteiger partial charge in [-0.15, -0.1) is 0 Å². The molecule has 0 aromatic heterocycles. The monoisotopic (exact) mass is 627 g/mol. The Balaban J connectivity index is 1.35. The summed E-state index contributed by atoms with van der Waals surface area (Å²) in [6.07, 6.45) is -2.43. The van der Waals surface area contributed by atoms with Gasteiger partial charge in [0.05, 0.1) is 12.2 Å². The Morgan fingerprint density at radius 2 is 1.73 bits per heavy atom. The average Bonchev–Trinajstić information content (AvgIpc) is 3.38. The SMILES string of the molecule is Cc1ccc([C@]23OC[C@](C(C)(C)O)(O2)[C@@H](O)[C@H](O)[C@H]3O)cc1Cc1ccc(CCCC(=O)N[C@@H](C)C(=O)NCCN(C)C)cc1. The van der Waals surface area contributed by atoms with Gasteiger partial charge in [0.25, 0.3) is 0 Å². The molecule has 0 radical (unpaired) electrons. The normalized spacial score (nSPS) is 27.0. The van der Waals surface area contributed by atoms with E-state index in [2.05, 4.69) is 10.6 Å². The lowest BCUT2D eigenvalue weighted by Gasteiger charge is -2.50. The van der Waals surface area contributed by atoms with Gasteiger partial charge < -0.3 is 45.4 Å². The smallest absolute Gasteiger partial charge is 0.242 e. The number of hydrogen-bond acceptors (Lipinski definition) is 9. The number of aliphatic hydroxyl groups is 4. The zero-order valence-corrected chi connectivity index (χ0v) is 27.2. The summed E-state index contributed by atoms with van der Waals surface area (Å²) in [5, 5.41) is 49.0. The molecule has 2 saturated heterocycles. The third-order valence-electron chi connectivity index (χ3n) is 9.05. The Bertz CT molecular complexity index is 1340. The van der Waals surface area contributed by atoms with Gasteiger partial charge in [-0.05, 0) is 89.4 Å². The topological polar surface area (TPSA) is 161 Å². The highest BCUT2D eigenvalue weighted by Gasteiger charge is 2.71. The molecule has 4 rings (SSSR count). The molecule has 6 atom stereocenters. The number of carbonyl (C=O) groups excluding carboxylic acids is 2. The fraction of sp³-hybridized carbons (Fsp3) is 0.588. The first kappa shape index (κ1) is 35.0. The fourth-order valence-electron chi connectivity index (χ4n) is 6.00. The number of fused-ring (bicyclic) bond motifs is 2. The Kier molecular flexibility index (Phi) is 10.8. The summed E-state index contributed by atoms with van der Waals surface area (Å²) in [6, 6.07) is 13.1. The first-order valence-electron chi connectivity index (χ1n) is 15.6. The summed E-state index contributed by atoms with van der Waals surface area (Å²) in [7, 11) is 3.86. The van der Waals surface area contributed by atoms with E-state index >= 15 is 0 Å². The standard InChI is InChI=1S/C34H49N3O8/c1-21-10-15-26(34-30(41)28(39)29(40)33(45-34,20-44-34)32(3,4)43)19-25(21)18-24-13-11-23(12-14-24)8-7-9-27(38)36-22(2)31(42)35-16-17-37(5)6/h10-15,19,22,28-30,39-41,43H,7-9,16-18,20H2,1-6H3,(H,35,42)(H,36,38)/t22-,28-,29-,30+,33-,34-/m0/s1. The summed E-state index contributed by atoms with van der Waals surface area (Å²) in [4.78, 5) is 26.5. The number of amides is 2. The van der Waals surface area contributed by atoms with Crippen LogP contribution >= 0.6 is 0 Å². The van der Waals surface area contributed by atoms with E-state index in [9.17, 15) is 30.0 Å². The molecule has 0 spiro atoms. The number of benzene rings is 2. The first-order chi connectivity index (χ1) is 21.1. The number of aryl methyl sites for hydroxylation is 2. The second-order valence-electron chi connectivity index (χ2n) is 13.3. The number of ether oxygens (including phenoxy) is 2. The Morgan fingerprint density at radius 3 is 2.38 bits per heavy atom. The van der Waals surface area contributed by atoms with Crippen molar-refractivity contribution in [3.05, 3.63) is 70.3 Å². The van der Waals surface area contributed by atoms with Crippen LogP contribution in [0.5, 0.6) is 0 Å². The van der Waals surface area contributed by atoms with Crippen molar-refractivity contribution in [2.75, 3.05) is 33.8 Å². The highest BCUT2D eigenvalue weighted by molar-refractivity contribution is 5.87. The van der Waals surface area contributed by atoms with Crippen molar-refractivity contribution in [1.29, 1.82) is 0 Å². The second-order valence-corrected chi connectivity index (χ2v) is 13.3. The molecule has 2 heterocycles. The van der Waals surface area contributed by atoms with Crippen LogP contribution in [0, 0.1) is 6.92 Å². The predicted octanol–water partition coefficient (Wildman–Crippen LogP) is 0.897. The van der Waals surface area contributed by atoms with E-state index in [0.717, 1.165) is 35.2 Å². The van der Waals surface area contributed by atoms with Crippen LogP contribution in [0.4, 0.5) is 0 Å².